The number of rotatable bonds is 43. The Hall–Kier alpha value is -1.35. The van der Waals surface area contributed by atoms with Crippen molar-refractivity contribution in [3.63, 3.8) is 0 Å². The van der Waals surface area contributed by atoms with Gasteiger partial charge in [-0.3, -0.25) is 18.6 Å². The van der Waals surface area contributed by atoms with Crippen molar-refractivity contribution in [2.75, 3.05) is 19.8 Å². The van der Waals surface area contributed by atoms with E-state index in [0.717, 1.165) is 51.4 Å². The quantitative estimate of drug-likeness (QED) is 0.0167. The number of phosphoric acid groups is 1. The van der Waals surface area contributed by atoms with Crippen molar-refractivity contribution in [2.24, 2.45) is 0 Å². The summed E-state index contributed by atoms with van der Waals surface area (Å²) in [4.78, 5) is 36.6. The molecule has 1 aliphatic carbocycles. The Morgan fingerprint density at radius 2 is 0.857 bits per heavy atom. The van der Waals surface area contributed by atoms with E-state index in [0.29, 0.717) is 12.8 Å². The van der Waals surface area contributed by atoms with Gasteiger partial charge in [0.1, 0.15) is 67.6 Å². The molecule has 0 aromatic heterocycles. The summed E-state index contributed by atoms with van der Waals surface area (Å²) in [7, 11) is -5.37. The summed E-state index contributed by atoms with van der Waals surface area (Å²) in [5, 5.41) is 83.0. The molecule has 1 saturated heterocycles. The summed E-state index contributed by atoms with van der Waals surface area (Å²) in [5.41, 5.74) is 0. The molecule has 1 saturated carbocycles. The summed E-state index contributed by atoms with van der Waals surface area (Å²) in [6.45, 7) is 2.27. The van der Waals surface area contributed by atoms with Crippen LogP contribution in [0.5, 0.6) is 0 Å². The van der Waals surface area contributed by atoms with Crippen molar-refractivity contribution in [1.29, 1.82) is 0 Å². The fourth-order valence-electron chi connectivity index (χ4n) is 9.06. The number of ether oxygens (including phenoxy) is 4. The highest BCUT2D eigenvalue weighted by molar-refractivity contribution is 7.47. The predicted octanol–water partition coefficient (Wildman–Crippen LogP) is 7.11. The average Bonchev–Trinajstić information content (AvgIpc) is 3.34. The molecule has 9 N–H and O–H groups in total. The van der Waals surface area contributed by atoms with Gasteiger partial charge in [-0.05, 0) is 12.8 Å². The van der Waals surface area contributed by atoms with E-state index in [1.807, 2.05) is 0 Å². The Morgan fingerprint density at radius 1 is 0.486 bits per heavy atom. The van der Waals surface area contributed by atoms with Crippen molar-refractivity contribution >= 4 is 19.8 Å². The number of phosphoric ester groups is 1. The molecule has 0 amide bonds. The molecule has 13 atom stereocenters. The van der Waals surface area contributed by atoms with Gasteiger partial charge in [-0.2, -0.15) is 0 Å². The Morgan fingerprint density at radius 3 is 1.27 bits per heavy atom. The summed E-state index contributed by atoms with van der Waals surface area (Å²) in [5.74, 6) is -1.20. The van der Waals surface area contributed by atoms with Gasteiger partial charge >= 0.3 is 19.8 Å². The number of esters is 2. The minimum atomic E-state index is -5.37. The van der Waals surface area contributed by atoms with Gasteiger partial charge in [0.2, 0.25) is 0 Å². The lowest BCUT2D eigenvalue weighted by atomic mass is 9.84. The lowest BCUT2D eigenvalue weighted by molar-refractivity contribution is -0.338. The van der Waals surface area contributed by atoms with E-state index in [-0.39, 0.29) is 12.8 Å². The zero-order valence-corrected chi connectivity index (χ0v) is 43.7. The molecule has 19 heteroatoms. The Balaban J connectivity index is 1.91. The van der Waals surface area contributed by atoms with Crippen molar-refractivity contribution < 1.29 is 87.9 Å². The molecular formula is C51H97O18P. The van der Waals surface area contributed by atoms with Crippen LogP contribution in [0, 0.1) is 0 Å². The smallest absolute Gasteiger partial charge is 0.462 e. The molecule has 0 radical (unpaired) electrons. The van der Waals surface area contributed by atoms with Crippen LogP contribution in [-0.2, 0) is 42.1 Å². The maximum absolute atomic E-state index is 13.4. The van der Waals surface area contributed by atoms with Crippen molar-refractivity contribution in [1.82, 2.24) is 0 Å². The number of hydrogen-bond acceptors (Lipinski definition) is 17. The first kappa shape index (κ1) is 64.8. The topological polar surface area (TPSA) is 289 Å². The minimum absolute atomic E-state index is 0.0401. The second-order valence-electron chi connectivity index (χ2n) is 19.8. The standard InChI is InChI=1S/C51H97O18P/c1-3-5-7-9-11-13-15-17-19-21-23-25-27-29-31-33-40(53)64-36-38(66-41(54)34-32-30-28-26-24-22-20-18-16-14-12-10-8-6-4-2)37-65-70(62,63)69-50-47(60)45(58)44(57)46(59)49(50)68-51-48(61)43(56)42(55)39(35-52)67-51/h38-39,42-52,55-61H,3-37H2,1-2H3,(H,62,63). The second kappa shape index (κ2) is 39.1. The van der Waals surface area contributed by atoms with Crippen LogP contribution in [0.25, 0.3) is 0 Å². The lowest BCUT2D eigenvalue weighted by Gasteiger charge is -2.47. The van der Waals surface area contributed by atoms with Gasteiger partial charge in [-0.1, -0.05) is 194 Å². The van der Waals surface area contributed by atoms with Crippen LogP contribution in [0.15, 0.2) is 0 Å². The summed E-state index contributed by atoms with van der Waals surface area (Å²) in [6, 6.07) is 0. The fourth-order valence-corrected chi connectivity index (χ4v) is 10.0. The normalized spacial score (nSPS) is 27.3. The highest BCUT2D eigenvalue weighted by atomic mass is 31.2. The zero-order chi connectivity index (χ0) is 51.6. The third-order valence-corrected chi connectivity index (χ3v) is 14.5. The maximum atomic E-state index is 13.4. The fraction of sp³-hybridized carbons (Fsp3) is 0.961. The third kappa shape index (κ3) is 27.3. The number of aliphatic hydroxyl groups is 8. The number of unbranched alkanes of at least 4 members (excludes halogenated alkanes) is 28. The van der Waals surface area contributed by atoms with Gasteiger partial charge in [0.05, 0.1) is 13.2 Å². The van der Waals surface area contributed by atoms with Crippen LogP contribution in [0.4, 0.5) is 0 Å². The Kier molecular flexibility index (Phi) is 36.2. The second-order valence-corrected chi connectivity index (χ2v) is 21.2. The van der Waals surface area contributed by atoms with Crippen molar-refractivity contribution in [2.45, 2.75) is 293 Å². The summed E-state index contributed by atoms with van der Waals surface area (Å²) >= 11 is 0. The van der Waals surface area contributed by atoms with Crippen LogP contribution in [0.3, 0.4) is 0 Å². The van der Waals surface area contributed by atoms with E-state index in [1.54, 1.807) is 0 Å². The molecule has 0 bridgehead atoms. The van der Waals surface area contributed by atoms with Crippen LogP contribution in [0.1, 0.15) is 219 Å². The Bertz CT molecular complexity index is 1360. The van der Waals surface area contributed by atoms with E-state index in [4.69, 9.17) is 28.0 Å². The zero-order valence-electron chi connectivity index (χ0n) is 42.8. The third-order valence-electron chi connectivity index (χ3n) is 13.6. The van der Waals surface area contributed by atoms with Gasteiger partial charge in [0.25, 0.3) is 0 Å². The highest BCUT2D eigenvalue weighted by Crippen LogP contribution is 2.48. The molecular weight excluding hydrogens is 932 g/mol. The molecule has 70 heavy (non-hydrogen) atoms. The van der Waals surface area contributed by atoms with Crippen LogP contribution < -0.4 is 0 Å². The van der Waals surface area contributed by atoms with Crippen molar-refractivity contribution in [3.05, 3.63) is 0 Å². The van der Waals surface area contributed by atoms with Gasteiger partial charge in [0, 0.05) is 12.8 Å². The van der Waals surface area contributed by atoms with E-state index in [9.17, 15) is 59.9 Å². The van der Waals surface area contributed by atoms with Crippen LogP contribution >= 0.6 is 7.82 Å². The molecule has 2 rings (SSSR count). The number of hydrogen-bond donors (Lipinski definition) is 9. The first-order valence-corrected chi connectivity index (χ1v) is 28.9. The maximum Gasteiger partial charge on any atom is 0.472 e. The summed E-state index contributed by atoms with van der Waals surface area (Å²) in [6.07, 6.45) is 11.7. The predicted molar refractivity (Wildman–Crippen MR) is 263 cm³/mol. The van der Waals surface area contributed by atoms with Gasteiger partial charge in [0.15, 0.2) is 12.4 Å². The van der Waals surface area contributed by atoms with Gasteiger partial charge < -0.3 is 64.7 Å². The molecule has 1 heterocycles. The molecule has 414 valence electrons. The largest absolute Gasteiger partial charge is 0.472 e. The molecule has 2 fully saturated rings. The van der Waals surface area contributed by atoms with E-state index >= 15 is 0 Å². The number of aliphatic hydroxyl groups excluding tert-OH is 8. The number of carbonyl (C=O) groups excluding carboxylic acids is 2. The molecule has 0 aromatic carbocycles. The van der Waals surface area contributed by atoms with Gasteiger partial charge in [-0.25, -0.2) is 4.57 Å². The average molecular weight is 1030 g/mol. The molecule has 2 aliphatic rings. The highest BCUT2D eigenvalue weighted by Gasteiger charge is 2.55. The van der Waals surface area contributed by atoms with Crippen LogP contribution in [0.2, 0.25) is 0 Å². The monoisotopic (exact) mass is 1030 g/mol. The SMILES string of the molecule is CCCCCCCCCCCCCCCCCC(=O)OCC(COP(=O)(O)OC1C(O)C(O)C(O)C(O)C1OC1OC(CO)C(O)C(O)C1O)OC(=O)CCCCCCCCCCCCCCCCC. The lowest BCUT2D eigenvalue weighted by Crippen LogP contribution is -2.67. The number of carbonyl (C=O) groups is 2. The summed E-state index contributed by atoms with van der Waals surface area (Å²) < 4.78 is 45.6. The minimum Gasteiger partial charge on any atom is -0.462 e. The van der Waals surface area contributed by atoms with Crippen LogP contribution in [-0.4, -0.2) is 151 Å². The molecule has 1 aliphatic heterocycles. The Labute approximate surface area is 419 Å². The first-order chi connectivity index (χ1) is 33.7. The van der Waals surface area contributed by atoms with E-state index < -0.39 is 113 Å². The molecule has 0 spiro atoms. The van der Waals surface area contributed by atoms with E-state index in [2.05, 4.69) is 13.8 Å². The van der Waals surface area contributed by atoms with E-state index in [1.165, 1.54) is 128 Å². The van der Waals surface area contributed by atoms with Crippen molar-refractivity contribution in [3.8, 4) is 0 Å². The molecule has 18 nitrogen and oxygen atoms in total. The molecule has 0 aromatic rings. The molecule has 13 unspecified atom stereocenters. The first-order valence-electron chi connectivity index (χ1n) is 27.4. The van der Waals surface area contributed by atoms with Gasteiger partial charge in [-0.15, -0.1) is 0 Å².